The highest BCUT2D eigenvalue weighted by molar-refractivity contribution is 7.13. The van der Waals surface area contributed by atoms with E-state index in [1.807, 2.05) is 17.3 Å². The van der Waals surface area contributed by atoms with Gasteiger partial charge in [0.25, 0.3) is 0 Å². The normalized spacial score (nSPS) is 18.4. The van der Waals surface area contributed by atoms with Crippen molar-refractivity contribution in [2.24, 2.45) is 0 Å². The molecule has 1 aliphatic rings. The van der Waals surface area contributed by atoms with E-state index in [4.69, 9.17) is 0 Å². The number of carbonyl (C=O) groups excluding carboxylic acids is 1. The van der Waals surface area contributed by atoms with E-state index in [0.29, 0.717) is 12.5 Å². The molecule has 0 spiro atoms. The molecule has 0 radical (unpaired) electrons. The van der Waals surface area contributed by atoms with E-state index in [0.717, 1.165) is 42.3 Å². The highest BCUT2D eigenvalue weighted by Gasteiger charge is 2.23. The fraction of sp³-hybridized carbons (Fsp3) is 0.467. The van der Waals surface area contributed by atoms with Gasteiger partial charge < -0.3 is 10.2 Å². The van der Waals surface area contributed by atoms with Crippen LogP contribution in [-0.4, -0.2) is 51.9 Å². The molecule has 0 aromatic carbocycles. The summed E-state index contributed by atoms with van der Waals surface area (Å²) in [6.07, 6.45) is 7.51. The molecule has 0 unspecified atom stereocenters. The van der Waals surface area contributed by atoms with Crippen molar-refractivity contribution in [2.45, 2.75) is 25.3 Å². The number of likely N-dealkylation sites (N-methyl/N-ethyl adjacent to an activating group) is 1. The maximum absolute atomic E-state index is 12.4. The smallest absolute Gasteiger partial charge is 0.228 e. The van der Waals surface area contributed by atoms with Gasteiger partial charge >= 0.3 is 0 Å². The van der Waals surface area contributed by atoms with E-state index in [9.17, 15) is 4.79 Å². The Labute approximate surface area is 133 Å². The molecule has 1 saturated heterocycles. The first-order valence-electron chi connectivity index (χ1n) is 7.42. The summed E-state index contributed by atoms with van der Waals surface area (Å²) in [5.74, 6) is 0.149. The maximum Gasteiger partial charge on any atom is 0.228 e. The van der Waals surface area contributed by atoms with Gasteiger partial charge in [0.05, 0.1) is 18.3 Å². The molecule has 1 atom stereocenters. The van der Waals surface area contributed by atoms with Gasteiger partial charge in [0.15, 0.2) is 0 Å². The van der Waals surface area contributed by atoms with Crippen LogP contribution in [0.3, 0.4) is 0 Å². The zero-order valence-corrected chi connectivity index (χ0v) is 13.3. The Bertz CT molecular complexity index is 630. The summed E-state index contributed by atoms with van der Waals surface area (Å²) in [7, 11) is 1.95. The van der Waals surface area contributed by atoms with Crippen molar-refractivity contribution in [3.8, 4) is 10.7 Å². The Morgan fingerprint density at radius 2 is 2.41 bits per heavy atom. The second kappa shape index (κ2) is 6.93. The van der Waals surface area contributed by atoms with Gasteiger partial charge in [-0.2, -0.15) is 0 Å². The van der Waals surface area contributed by atoms with Crippen molar-refractivity contribution in [3.05, 3.63) is 29.7 Å². The van der Waals surface area contributed by atoms with Crippen molar-refractivity contribution in [3.63, 3.8) is 0 Å². The molecule has 3 heterocycles. The third-order valence-electron chi connectivity index (χ3n) is 3.85. The highest BCUT2D eigenvalue weighted by atomic mass is 32.1. The number of rotatable bonds is 4. The van der Waals surface area contributed by atoms with E-state index in [-0.39, 0.29) is 5.91 Å². The molecule has 0 bridgehead atoms. The molecule has 6 nitrogen and oxygen atoms in total. The summed E-state index contributed by atoms with van der Waals surface area (Å²) in [5, 5.41) is 6.00. The van der Waals surface area contributed by atoms with Crippen molar-refractivity contribution < 1.29 is 4.79 Å². The molecule has 2 aromatic rings. The van der Waals surface area contributed by atoms with Gasteiger partial charge in [-0.05, 0) is 19.9 Å². The summed E-state index contributed by atoms with van der Waals surface area (Å²) < 4.78 is 0. The molecule has 2 aromatic heterocycles. The lowest BCUT2D eigenvalue weighted by molar-refractivity contribution is -0.131. The number of aromatic nitrogens is 3. The lowest BCUT2D eigenvalue weighted by Gasteiger charge is -2.32. The van der Waals surface area contributed by atoms with E-state index < -0.39 is 0 Å². The Kier molecular flexibility index (Phi) is 4.74. The van der Waals surface area contributed by atoms with Crippen LogP contribution in [0.2, 0.25) is 0 Å². The zero-order valence-electron chi connectivity index (χ0n) is 12.5. The van der Waals surface area contributed by atoms with Gasteiger partial charge in [-0.1, -0.05) is 0 Å². The molecule has 1 amide bonds. The molecule has 116 valence electrons. The Balaban J connectivity index is 1.64. The molecule has 1 aliphatic heterocycles. The van der Waals surface area contributed by atoms with Gasteiger partial charge in [0.1, 0.15) is 10.7 Å². The quantitative estimate of drug-likeness (QED) is 0.922. The van der Waals surface area contributed by atoms with Gasteiger partial charge in [-0.3, -0.25) is 14.8 Å². The van der Waals surface area contributed by atoms with E-state index in [1.54, 1.807) is 18.6 Å². The van der Waals surface area contributed by atoms with Crippen molar-refractivity contribution in [1.29, 1.82) is 0 Å². The van der Waals surface area contributed by atoms with Crippen LogP contribution in [0.25, 0.3) is 10.7 Å². The number of nitrogens with one attached hydrogen (secondary N) is 1. The van der Waals surface area contributed by atoms with Gasteiger partial charge in [0.2, 0.25) is 5.91 Å². The number of hydrogen-bond donors (Lipinski definition) is 1. The van der Waals surface area contributed by atoms with Crippen LogP contribution in [0.4, 0.5) is 0 Å². The van der Waals surface area contributed by atoms with Gasteiger partial charge in [0, 0.05) is 36.9 Å². The van der Waals surface area contributed by atoms with Gasteiger partial charge in [-0.15, -0.1) is 11.3 Å². The molecule has 1 fully saturated rings. The second-order valence-electron chi connectivity index (χ2n) is 5.38. The number of carbonyl (C=O) groups is 1. The van der Waals surface area contributed by atoms with Crippen LogP contribution in [0.5, 0.6) is 0 Å². The minimum atomic E-state index is 0.149. The first kappa shape index (κ1) is 15.1. The van der Waals surface area contributed by atoms with E-state index in [1.165, 1.54) is 11.3 Å². The third-order valence-corrected chi connectivity index (χ3v) is 4.76. The van der Waals surface area contributed by atoms with Crippen molar-refractivity contribution in [2.75, 3.05) is 20.1 Å². The molecular weight excluding hydrogens is 298 g/mol. The van der Waals surface area contributed by atoms with Gasteiger partial charge in [-0.25, -0.2) is 4.98 Å². The highest BCUT2D eigenvalue weighted by Crippen LogP contribution is 2.21. The molecule has 1 N–H and O–H groups in total. The summed E-state index contributed by atoms with van der Waals surface area (Å²) >= 11 is 1.50. The lowest BCUT2D eigenvalue weighted by atomic mass is 10.1. The van der Waals surface area contributed by atoms with E-state index >= 15 is 0 Å². The lowest BCUT2D eigenvalue weighted by Crippen LogP contribution is -2.47. The topological polar surface area (TPSA) is 71.0 Å². The second-order valence-corrected chi connectivity index (χ2v) is 6.24. The number of likely N-dealkylation sites (tertiary alicyclic amines) is 1. The SMILES string of the molecule is CN[C@@H]1CCCN(C(=O)Cc2csc(-c3cnccn3)n2)C1. The first-order chi connectivity index (χ1) is 10.8. The minimum Gasteiger partial charge on any atom is -0.341 e. The summed E-state index contributed by atoms with van der Waals surface area (Å²) in [6, 6.07) is 0.406. The standard InChI is InChI=1S/C15H19N5OS/c1-16-11-3-2-6-20(9-11)14(21)7-12-10-22-15(19-12)13-8-17-4-5-18-13/h4-5,8,10-11,16H,2-3,6-7,9H2,1H3/t11-/m1/s1. The average Bonchev–Trinajstić information content (AvgIpc) is 3.04. The predicted molar refractivity (Wildman–Crippen MR) is 85.5 cm³/mol. The van der Waals surface area contributed by atoms with Crippen LogP contribution in [0.1, 0.15) is 18.5 Å². The van der Waals surface area contributed by atoms with Crippen molar-refractivity contribution >= 4 is 17.2 Å². The van der Waals surface area contributed by atoms with Crippen LogP contribution in [0, 0.1) is 0 Å². The number of amides is 1. The molecular formula is C15H19N5OS. The predicted octanol–water partition coefficient (Wildman–Crippen LogP) is 1.35. The molecule has 0 aliphatic carbocycles. The number of hydrogen-bond acceptors (Lipinski definition) is 6. The molecule has 22 heavy (non-hydrogen) atoms. The Hall–Kier alpha value is -1.86. The molecule has 3 rings (SSSR count). The number of piperidine rings is 1. The summed E-state index contributed by atoms with van der Waals surface area (Å²) in [5.41, 5.74) is 1.56. The first-order valence-corrected chi connectivity index (χ1v) is 8.30. The number of nitrogens with zero attached hydrogens (tertiary/aromatic N) is 4. The summed E-state index contributed by atoms with van der Waals surface area (Å²) in [6.45, 7) is 1.63. The van der Waals surface area contributed by atoms with Crippen LogP contribution in [-0.2, 0) is 11.2 Å². The Morgan fingerprint density at radius 3 is 3.18 bits per heavy atom. The van der Waals surface area contributed by atoms with Crippen LogP contribution in [0.15, 0.2) is 24.0 Å². The van der Waals surface area contributed by atoms with Crippen LogP contribution < -0.4 is 5.32 Å². The number of thiazole rings is 1. The van der Waals surface area contributed by atoms with Crippen LogP contribution >= 0.6 is 11.3 Å². The molecule has 7 heteroatoms. The third kappa shape index (κ3) is 3.48. The zero-order chi connectivity index (χ0) is 15.4. The Morgan fingerprint density at radius 1 is 1.50 bits per heavy atom. The average molecular weight is 317 g/mol. The summed E-state index contributed by atoms with van der Waals surface area (Å²) in [4.78, 5) is 27.1. The fourth-order valence-corrected chi connectivity index (χ4v) is 3.40. The molecule has 0 saturated carbocycles. The van der Waals surface area contributed by atoms with Crippen molar-refractivity contribution in [1.82, 2.24) is 25.2 Å². The van der Waals surface area contributed by atoms with E-state index in [2.05, 4.69) is 20.3 Å². The maximum atomic E-state index is 12.4. The largest absolute Gasteiger partial charge is 0.341 e. The minimum absolute atomic E-state index is 0.149. The fourth-order valence-electron chi connectivity index (χ4n) is 2.62. The monoisotopic (exact) mass is 317 g/mol.